The Bertz CT molecular complexity index is 823. The first kappa shape index (κ1) is 21.2. The second-order valence-corrected chi connectivity index (χ2v) is 9.89. The summed E-state index contributed by atoms with van der Waals surface area (Å²) in [6.45, 7) is 2.09. The number of thioether (sulfide) groups is 1. The normalized spacial score (nSPS) is 15.3. The summed E-state index contributed by atoms with van der Waals surface area (Å²) in [5.74, 6) is 0.598. The maximum absolute atomic E-state index is 14.0. The summed E-state index contributed by atoms with van der Waals surface area (Å²) >= 11 is 4.68. The molecule has 2 aromatic carbocycles. The Balaban J connectivity index is 2.05. The molecule has 2 unspecified atom stereocenters. The number of halogens is 3. The van der Waals surface area contributed by atoms with E-state index >= 15 is 0 Å². The smallest absolute Gasteiger partial charge is 0.322 e. The third-order valence-electron chi connectivity index (χ3n) is 3.73. The highest BCUT2D eigenvalue weighted by molar-refractivity contribution is 9.10. The van der Waals surface area contributed by atoms with Crippen molar-refractivity contribution in [3.05, 3.63) is 74.6 Å². The number of hydrogen-bond acceptors (Lipinski definition) is 3. The molecule has 4 nitrogen and oxygen atoms in total. The number of nitroso groups, excluding NO2 is 1. The molecule has 2 aromatic rings. The molecule has 0 saturated carbocycles. The lowest BCUT2D eigenvalue weighted by atomic mass is 10.1. The summed E-state index contributed by atoms with van der Waals surface area (Å²) < 4.78 is 39.4. The van der Waals surface area contributed by atoms with Crippen molar-refractivity contribution in [3.63, 3.8) is 0 Å². The Labute approximate surface area is 163 Å². The predicted molar refractivity (Wildman–Crippen MR) is 105 cm³/mol. The van der Waals surface area contributed by atoms with Gasteiger partial charge in [-0.15, -0.1) is 4.91 Å². The highest BCUT2D eigenvalue weighted by atomic mass is 79.9. The van der Waals surface area contributed by atoms with Gasteiger partial charge in [0, 0.05) is 26.0 Å². The van der Waals surface area contributed by atoms with Gasteiger partial charge in [-0.3, -0.25) is 4.57 Å². The zero-order valence-corrected chi connectivity index (χ0v) is 17.1. The topological polar surface area (TPSA) is 66.7 Å². The van der Waals surface area contributed by atoms with Crippen molar-refractivity contribution < 1.29 is 18.2 Å². The van der Waals surface area contributed by atoms with Gasteiger partial charge in [0.2, 0.25) is 0 Å². The maximum Gasteiger partial charge on any atom is 0.421 e. The van der Waals surface area contributed by atoms with Crippen molar-refractivity contribution >= 4 is 35.2 Å². The van der Waals surface area contributed by atoms with Gasteiger partial charge in [0.1, 0.15) is 0 Å². The predicted octanol–water partition coefficient (Wildman–Crippen LogP) is 6.31. The van der Waals surface area contributed by atoms with Crippen LogP contribution in [0.3, 0.4) is 0 Å². The molecule has 0 amide bonds. The van der Waals surface area contributed by atoms with Crippen LogP contribution in [0.5, 0.6) is 0 Å². The average molecular weight is 464 g/mol. The summed E-state index contributed by atoms with van der Waals surface area (Å²) in [6.07, 6.45) is 0.890. The first-order valence-electron chi connectivity index (χ1n) is 7.67. The van der Waals surface area contributed by atoms with Crippen molar-refractivity contribution in [1.29, 1.82) is 0 Å². The van der Waals surface area contributed by atoms with Crippen LogP contribution in [0.15, 0.2) is 58.0 Å². The van der Waals surface area contributed by atoms with Crippen LogP contribution in [0.2, 0.25) is 0 Å². The summed E-state index contributed by atoms with van der Waals surface area (Å²) in [6, 6.07) is 14.0. The van der Waals surface area contributed by atoms with Crippen molar-refractivity contribution in [2.45, 2.75) is 30.0 Å². The molecule has 2 rings (SSSR count). The summed E-state index contributed by atoms with van der Waals surface area (Å²) in [5, 5.41) is 0.328. The lowest BCUT2D eigenvalue weighted by molar-refractivity contribution is 0.0735. The van der Waals surface area contributed by atoms with Gasteiger partial charge in [-0.05, 0) is 23.6 Å². The van der Waals surface area contributed by atoms with Gasteiger partial charge in [0.05, 0.1) is 0 Å². The van der Waals surface area contributed by atoms with E-state index in [1.165, 1.54) is 17.7 Å². The number of alkyl halides is 2. The fourth-order valence-electron chi connectivity index (χ4n) is 2.34. The molecular weight excluding hydrogens is 447 g/mol. The molecule has 0 aliphatic rings. The first-order chi connectivity index (χ1) is 12.2. The van der Waals surface area contributed by atoms with Gasteiger partial charge in [-0.2, -0.15) is 20.5 Å². The van der Waals surface area contributed by atoms with E-state index in [1.807, 2.05) is 18.2 Å². The number of hydrogen-bond donors (Lipinski definition) is 1. The minimum atomic E-state index is -5.51. The molecule has 1 N–H and O–H groups in total. The first-order valence-corrected chi connectivity index (χ1v) is 11.1. The van der Waals surface area contributed by atoms with Gasteiger partial charge >= 0.3 is 13.2 Å². The largest absolute Gasteiger partial charge is 0.421 e. The van der Waals surface area contributed by atoms with Crippen LogP contribution in [-0.4, -0.2) is 10.1 Å². The van der Waals surface area contributed by atoms with E-state index in [2.05, 4.69) is 35.0 Å². The molecule has 0 aliphatic carbocycles. The van der Waals surface area contributed by atoms with Crippen LogP contribution in [0.25, 0.3) is 0 Å². The van der Waals surface area contributed by atoms with Crippen LogP contribution in [-0.2, 0) is 22.4 Å². The fourth-order valence-corrected chi connectivity index (χ4v) is 4.75. The van der Waals surface area contributed by atoms with E-state index in [1.54, 1.807) is 16.7 Å². The monoisotopic (exact) mass is 463 g/mol. The summed E-state index contributed by atoms with van der Waals surface area (Å²) in [7, 11) is -5.51. The van der Waals surface area contributed by atoms with Gasteiger partial charge in [-0.1, -0.05) is 65.3 Å². The van der Waals surface area contributed by atoms with E-state index in [0.29, 0.717) is 11.0 Å². The summed E-state index contributed by atoms with van der Waals surface area (Å²) in [5.41, 5.74) is -2.95. The van der Waals surface area contributed by atoms with E-state index < -0.39 is 18.7 Å². The zero-order chi connectivity index (χ0) is 19.4. The van der Waals surface area contributed by atoms with E-state index in [4.69, 9.17) is 4.89 Å². The highest BCUT2D eigenvalue weighted by Crippen LogP contribution is 2.64. The molecule has 0 radical (unpaired) electrons. The molecule has 2 atom stereocenters. The zero-order valence-electron chi connectivity index (χ0n) is 13.8. The van der Waals surface area contributed by atoms with Crippen LogP contribution in [0, 0.1) is 4.91 Å². The SMILES string of the molecule is CC(Cc1ccccc1)SCc1ccc(C(F)(F)P(=O)(O)N=O)c(Br)c1. The van der Waals surface area contributed by atoms with Gasteiger partial charge in [0.25, 0.3) is 0 Å². The lowest BCUT2D eigenvalue weighted by Gasteiger charge is -2.19. The molecule has 9 heteroatoms. The molecule has 140 valence electrons. The molecule has 0 aromatic heterocycles. The van der Waals surface area contributed by atoms with Crippen molar-refractivity contribution in [2.24, 2.45) is 4.95 Å². The lowest BCUT2D eigenvalue weighted by Crippen LogP contribution is -2.13. The van der Waals surface area contributed by atoms with E-state index in [9.17, 15) is 18.3 Å². The maximum atomic E-state index is 14.0. The third-order valence-corrected chi connectivity index (χ3v) is 6.82. The third kappa shape index (κ3) is 5.00. The fraction of sp³-hybridized carbons (Fsp3) is 0.294. The van der Waals surface area contributed by atoms with Crippen molar-refractivity contribution in [2.75, 3.05) is 0 Å². The highest BCUT2D eigenvalue weighted by Gasteiger charge is 2.54. The second kappa shape index (κ2) is 8.74. The Morgan fingerprint density at radius 3 is 2.46 bits per heavy atom. The Hall–Kier alpha value is -1.08. The van der Waals surface area contributed by atoms with Crippen LogP contribution in [0.1, 0.15) is 23.6 Å². The molecule has 0 spiro atoms. The molecular formula is C17H17BrF2NO3PS. The van der Waals surface area contributed by atoms with E-state index in [-0.39, 0.29) is 4.47 Å². The molecule has 0 heterocycles. The Morgan fingerprint density at radius 1 is 1.23 bits per heavy atom. The standard InChI is InChI=1S/C17H17BrF2NO3PS/c1-12(9-13-5-3-2-4-6-13)26-11-14-7-8-15(16(18)10-14)17(19,20)25(23,24)21-22/h2-8,10,12H,9,11H2,1H3,(H,23,24). The Morgan fingerprint density at radius 2 is 1.88 bits per heavy atom. The number of nitrogens with zero attached hydrogens (tertiary/aromatic N) is 1. The van der Waals surface area contributed by atoms with Gasteiger partial charge in [0.15, 0.2) is 0 Å². The average Bonchev–Trinajstić information content (AvgIpc) is 2.60. The molecule has 26 heavy (non-hydrogen) atoms. The molecule has 0 aliphatic heterocycles. The number of rotatable bonds is 8. The number of benzene rings is 2. The van der Waals surface area contributed by atoms with E-state index in [0.717, 1.165) is 18.1 Å². The van der Waals surface area contributed by atoms with Crippen LogP contribution < -0.4 is 0 Å². The van der Waals surface area contributed by atoms with Crippen molar-refractivity contribution in [1.82, 2.24) is 0 Å². The Kier molecular flexibility index (Phi) is 7.13. The summed E-state index contributed by atoms with van der Waals surface area (Å²) in [4.78, 5) is 21.1. The van der Waals surface area contributed by atoms with Crippen LogP contribution >= 0.6 is 35.2 Å². The van der Waals surface area contributed by atoms with Crippen molar-refractivity contribution in [3.8, 4) is 0 Å². The molecule has 0 saturated heterocycles. The molecule has 0 bridgehead atoms. The molecule has 0 fully saturated rings. The van der Waals surface area contributed by atoms with Gasteiger partial charge < -0.3 is 4.89 Å². The minimum absolute atomic E-state index is 0.0331. The second-order valence-electron chi connectivity index (χ2n) is 5.79. The van der Waals surface area contributed by atoms with Gasteiger partial charge in [-0.25, -0.2) is 0 Å². The van der Waals surface area contributed by atoms with Crippen LogP contribution in [0.4, 0.5) is 8.78 Å². The quantitative estimate of drug-likeness (QED) is 0.367. The minimum Gasteiger partial charge on any atom is -0.322 e.